The maximum absolute atomic E-state index is 12.3. The van der Waals surface area contributed by atoms with Crippen LogP contribution < -0.4 is 0 Å². The molecule has 2 aromatic heterocycles. The second-order valence-corrected chi connectivity index (χ2v) is 10.1. The highest BCUT2D eigenvalue weighted by molar-refractivity contribution is 9.10. The van der Waals surface area contributed by atoms with Crippen LogP contribution in [0.5, 0.6) is 5.88 Å². The molecule has 0 spiro atoms. The van der Waals surface area contributed by atoms with Crippen LogP contribution in [0, 0.1) is 0 Å². The van der Waals surface area contributed by atoms with Gasteiger partial charge in [0.2, 0.25) is 5.88 Å². The van der Waals surface area contributed by atoms with E-state index in [1.54, 1.807) is 11.3 Å². The second kappa shape index (κ2) is 13.5. The number of unbranched alkanes of at least 4 members (excludes halogenated alkanes) is 2. The Labute approximate surface area is 218 Å². The van der Waals surface area contributed by atoms with Crippen molar-refractivity contribution in [3.8, 4) is 5.88 Å². The predicted octanol–water partition coefficient (Wildman–Crippen LogP) is 7.08. The van der Waals surface area contributed by atoms with Crippen LogP contribution in [0.2, 0.25) is 0 Å². The number of nitrogens with zero attached hydrogens (tertiary/aromatic N) is 5. The molecule has 0 radical (unpaired) electrons. The Kier molecular flexibility index (Phi) is 10.4. The average molecular weight is 563 g/mol. The molecule has 0 aliphatic rings. The summed E-state index contributed by atoms with van der Waals surface area (Å²) in [6.45, 7) is 8.25. The Morgan fingerprint density at radius 1 is 1.20 bits per heavy atom. The number of halogens is 1. The molecule has 0 bridgehead atoms. The third-order valence-corrected chi connectivity index (χ3v) is 6.97. The molecular weight excluding hydrogens is 530 g/mol. The zero-order valence-electron chi connectivity index (χ0n) is 20.4. The molecule has 0 atom stereocenters. The number of aromatic hydroxyl groups is 1. The number of amides is 1. The lowest BCUT2D eigenvalue weighted by atomic mass is 10.2. The second-order valence-electron chi connectivity index (χ2n) is 8.25. The predicted molar refractivity (Wildman–Crippen MR) is 145 cm³/mol. The molecule has 8 nitrogen and oxygen atoms in total. The molecule has 35 heavy (non-hydrogen) atoms. The van der Waals surface area contributed by atoms with Crippen molar-refractivity contribution in [2.24, 2.45) is 15.4 Å². The van der Waals surface area contributed by atoms with Gasteiger partial charge in [0, 0.05) is 9.86 Å². The average Bonchev–Trinajstić information content (AvgIpc) is 3.47. The summed E-state index contributed by atoms with van der Waals surface area (Å²) in [4.78, 5) is 20.7. The molecule has 3 aromatic rings. The van der Waals surface area contributed by atoms with E-state index in [-0.39, 0.29) is 18.2 Å². The van der Waals surface area contributed by atoms with Crippen LogP contribution in [-0.2, 0) is 16.3 Å². The smallest absolute Gasteiger partial charge is 0.304 e. The van der Waals surface area contributed by atoms with E-state index in [0.29, 0.717) is 17.8 Å². The minimum atomic E-state index is -0.587. The van der Waals surface area contributed by atoms with E-state index in [1.807, 2.05) is 47.2 Å². The monoisotopic (exact) mass is 561 g/mol. The summed E-state index contributed by atoms with van der Waals surface area (Å²) in [5.74, 6) is -0.601. The topological polar surface area (TPSA) is 91.8 Å². The van der Waals surface area contributed by atoms with Crippen LogP contribution in [0.15, 0.2) is 55.6 Å². The van der Waals surface area contributed by atoms with Gasteiger partial charge in [-0.15, -0.1) is 21.6 Å². The van der Waals surface area contributed by atoms with Gasteiger partial charge >= 0.3 is 5.91 Å². The number of fused-ring (bicyclic) bond motifs is 1. The van der Waals surface area contributed by atoms with E-state index in [0.717, 1.165) is 53.6 Å². The fourth-order valence-electron chi connectivity index (χ4n) is 3.60. The van der Waals surface area contributed by atoms with Gasteiger partial charge in [0.25, 0.3) is 0 Å². The lowest BCUT2D eigenvalue weighted by Gasteiger charge is -2.23. The summed E-state index contributed by atoms with van der Waals surface area (Å²) in [5.41, 5.74) is 1.78. The molecule has 10 heteroatoms. The van der Waals surface area contributed by atoms with Crippen LogP contribution in [0.25, 0.3) is 10.9 Å². The third-order valence-electron chi connectivity index (χ3n) is 5.50. The molecule has 1 N–H and O–H groups in total. The summed E-state index contributed by atoms with van der Waals surface area (Å²) in [5, 5.41) is 25.6. The zero-order chi connectivity index (χ0) is 25.2. The van der Waals surface area contributed by atoms with Crippen LogP contribution >= 0.6 is 27.3 Å². The normalized spacial score (nSPS) is 12.3. The first-order valence-electron chi connectivity index (χ1n) is 11.8. The van der Waals surface area contributed by atoms with E-state index < -0.39 is 5.91 Å². The van der Waals surface area contributed by atoms with Crippen molar-refractivity contribution in [2.45, 2.75) is 53.1 Å². The van der Waals surface area contributed by atoms with Gasteiger partial charge in [0.1, 0.15) is 0 Å². The van der Waals surface area contributed by atoms with Gasteiger partial charge in [-0.25, -0.2) is 0 Å². The van der Waals surface area contributed by atoms with Gasteiger partial charge < -0.3 is 9.94 Å². The molecule has 0 aliphatic carbocycles. The summed E-state index contributed by atoms with van der Waals surface area (Å²) in [6.07, 6.45) is 4.39. The number of hydrogen-bond acceptors (Lipinski definition) is 7. The van der Waals surface area contributed by atoms with Gasteiger partial charge in [-0.3, -0.25) is 14.3 Å². The maximum Gasteiger partial charge on any atom is 0.304 e. The van der Waals surface area contributed by atoms with Gasteiger partial charge in [-0.05, 0) is 62.5 Å². The molecule has 3 rings (SSSR count). The molecule has 1 aromatic carbocycles. The molecule has 0 unspecified atom stereocenters. The Morgan fingerprint density at radius 2 is 1.94 bits per heavy atom. The maximum atomic E-state index is 12.3. The van der Waals surface area contributed by atoms with E-state index >= 15 is 0 Å². The van der Waals surface area contributed by atoms with E-state index in [2.05, 4.69) is 50.1 Å². The first kappa shape index (κ1) is 27.0. The first-order chi connectivity index (χ1) is 16.9. The van der Waals surface area contributed by atoms with Crippen molar-refractivity contribution in [2.75, 3.05) is 19.7 Å². The van der Waals surface area contributed by atoms with Gasteiger partial charge in [0.15, 0.2) is 12.3 Å². The summed E-state index contributed by atoms with van der Waals surface area (Å²) in [6, 6.07) is 9.58. The van der Waals surface area contributed by atoms with E-state index in [4.69, 9.17) is 4.84 Å². The fraction of sp³-hybridized carbons (Fsp3) is 0.440. The molecule has 2 heterocycles. The lowest BCUT2D eigenvalue weighted by molar-refractivity contribution is -0.122. The van der Waals surface area contributed by atoms with Crippen LogP contribution in [0.3, 0.4) is 0 Å². The molecule has 0 aliphatic heterocycles. The summed E-state index contributed by atoms with van der Waals surface area (Å²) < 4.78 is 2.68. The van der Waals surface area contributed by atoms with Crippen molar-refractivity contribution < 1.29 is 14.7 Å². The molecule has 0 fully saturated rings. The largest absolute Gasteiger partial charge is 0.493 e. The third kappa shape index (κ3) is 7.46. The highest BCUT2D eigenvalue weighted by atomic mass is 79.9. The number of rotatable bonds is 13. The molecule has 0 saturated carbocycles. The van der Waals surface area contributed by atoms with Crippen molar-refractivity contribution in [3.05, 3.63) is 45.1 Å². The van der Waals surface area contributed by atoms with Crippen molar-refractivity contribution >= 4 is 55.5 Å². The Morgan fingerprint density at radius 3 is 2.60 bits per heavy atom. The van der Waals surface area contributed by atoms with Crippen molar-refractivity contribution in [1.82, 2.24) is 9.47 Å². The fourth-order valence-corrected chi connectivity index (χ4v) is 4.63. The standard InChI is InChI=1S/C25H32BrN5O3S/c1-4-6-12-30(13-7-5-2)17-31-21-11-10-19(26)15-20(21)24(25(31)33)28-27-23(32)16-34-29-18(3)22-9-8-14-35-22/h8-11,14-15,33H,4-7,12-13,16-17H2,1-3H3/b28-27?,29-18-. The lowest BCUT2D eigenvalue weighted by Crippen LogP contribution is -2.28. The number of azo groups is 1. The van der Waals surface area contributed by atoms with Gasteiger partial charge in [0.05, 0.1) is 22.8 Å². The van der Waals surface area contributed by atoms with Crippen LogP contribution in [0.1, 0.15) is 51.3 Å². The SMILES string of the molecule is CCCCN(CCCC)Cn1c(O)c(N=NC(=O)CO/N=C(/C)c2cccs2)c2cc(Br)ccc21. The van der Waals surface area contributed by atoms with Crippen LogP contribution in [-0.4, -0.2) is 45.9 Å². The minimum Gasteiger partial charge on any atom is -0.493 e. The summed E-state index contributed by atoms with van der Waals surface area (Å²) in [7, 11) is 0. The van der Waals surface area contributed by atoms with Gasteiger partial charge in [-0.2, -0.15) is 0 Å². The Bertz CT molecular complexity index is 1170. The minimum absolute atomic E-state index is 0.0138. The number of hydrogen-bond donors (Lipinski definition) is 1. The first-order valence-corrected chi connectivity index (χ1v) is 13.5. The molecule has 0 saturated heterocycles. The number of carbonyl (C=O) groups excluding carboxylic acids is 1. The number of benzene rings is 1. The molecule has 188 valence electrons. The summed E-state index contributed by atoms with van der Waals surface area (Å²) >= 11 is 5.03. The quantitative estimate of drug-likeness (QED) is 0.137. The van der Waals surface area contributed by atoms with E-state index in [9.17, 15) is 9.90 Å². The molecular formula is C25H32BrN5O3S. The number of oxime groups is 1. The van der Waals surface area contributed by atoms with Crippen molar-refractivity contribution in [1.29, 1.82) is 0 Å². The van der Waals surface area contributed by atoms with Crippen molar-refractivity contribution in [3.63, 3.8) is 0 Å². The number of carbonyl (C=O) groups is 1. The van der Waals surface area contributed by atoms with Crippen LogP contribution in [0.4, 0.5) is 5.69 Å². The highest BCUT2D eigenvalue weighted by Gasteiger charge is 2.19. The number of aromatic nitrogens is 1. The van der Waals surface area contributed by atoms with Gasteiger partial charge in [-0.1, -0.05) is 53.8 Å². The Hall–Kier alpha value is -2.56. The Balaban J connectivity index is 1.79. The highest BCUT2D eigenvalue weighted by Crippen LogP contribution is 2.40. The zero-order valence-corrected chi connectivity index (χ0v) is 22.8. The molecule has 1 amide bonds. The number of thiophene rings is 1. The van der Waals surface area contributed by atoms with E-state index in [1.165, 1.54) is 0 Å².